The summed E-state index contributed by atoms with van der Waals surface area (Å²) in [7, 11) is 0. The molecule has 9 heteroatoms. The number of alkyl halides is 3. The number of aryl methyl sites for hydroxylation is 1. The van der Waals surface area contributed by atoms with Crippen molar-refractivity contribution in [3.63, 3.8) is 0 Å². The van der Waals surface area contributed by atoms with Crippen molar-refractivity contribution < 1.29 is 27.3 Å². The minimum Gasteiger partial charge on any atom is -0.337 e. The number of carbonyl (C=O) groups is 2. The molecule has 2 heterocycles. The Hall–Kier alpha value is -2.71. The van der Waals surface area contributed by atoms with Crippen LogP contribution in [0.3, 0.4) is 0 Å². The third-order valence-electron chi connectivity index (χ3n) is 2.71. The number of carbonyl (C=O) groups excluding carboxylic acids is 2. The fourth-order valence-electron chi connectivity index (χ4n) is 1.79. The van der Waals surface area contributed by atoms with Crippen molar-refractivity contribution in [1.29, 1.82) is 0 Å². The second-order valence-corrected chi connectivity index (χ2v) is 4.39. The SMILES string of the molecule is CC(=O)N(C(=O)c1cnccc1C(F)(F)F)c1cc(C)no1. The van der Waals surface area contributed by atoms with Gasteiger partial charge < -0.3 is 4.52 Å². The van der Waals surface area contributed by atoms with Crippen molar-refractivity contribution in [2.24, 2.45) is 0 Å². The second-order valence-electron chi connectivity index (χ2n) is 4.39. The maximum atomic E-state index is 13.0. The van der Waals surface area contributed by atoms with Crippen LogP contribution in [0.4, 0.5) is 19.1 Å². The fraction of sp³-hybridized carbons (Fsp3) is 0.231. The summed E-state index contributed by atoms with van der Waals surface area (Å²) in [5.41, 5.74) is -1.56. The molecule has 0 unspecified atom stereocenters. The Bertz CT molecular complexity index is 725. The summed E-state index contributed by atoms with van der Waals surface area (Å²) in [5.74, 6) is -2.26. The van der Waals surface area contributed by atoms with Crippen LogP contribution in [0, 0.1) is 6.92 Å². The third kappa shape index (κ3) is 2.97. The van der Waals surface area contributed by atoms with E-state index in [9.17, 15) is 22.8 Å². The summed E-state index contributed by atoms with van der Waals surface area (Å²) < 4.78 is 43.7. The van der Waals surface area contributed by atoms with Crippen LogP contribution in [0.15, 0.2) is 29.0 Å². The standard InChI is InChI=1S/C13H10F3N3O3/c1-7-5-11(22-18-7)19(8(2)20)12(21)9-6-17-4-3-10(9)13(14,15)16/h3-6H,1-2H3. The van der Waals surface area contributed by atoms with E-state index < -0.39 is 29.1 Å². The largest absolute Gasteiger partial charge is 0.417 e. The summed E-state index contributed by atoms with van der Waals surface area (Å²) in [5, 5.41) is 3.51. The zero-order valence-corrected chi connectivity index (χ0v) is 11.5. The highest BCUT2D eigenvalue weighted by Crippen LogP contribution is 2.32. The van der Waals surface area contributed by atoms with Crippen molar-refractivity contribution in [2.45, 2.75) is 20.0 Å². The first-order chi connectivity index (χ1) is 10.2. The third-order valence-corrected chi connectivity index (χ3v) is 2.71. The lowest BCUT2D eigenvalue weighted by atomic mass is 10.1. The predicted octanol–water partition coefficient (Wildman–Crippen LogP) is 2.59. The minimum atomic E-state index is -4.76. The molecule has 0 saturated carbocycles. The van der Waals surface area contributed by atoms with Gasteiger partial charge in [0.1, 0.15) is 0 Å². The van der Waals surface area contributed by atoms with Crippen LogP contribution in [-0.4, -0.2) is 22.0 Å². The average molecular weight is 313 g/mol. The molecule has 2 rings (SSSR count). The van der Waals surface area contributed by atoms with Crippen LogP contribution in [-0.2, 0) is 11.0 Å². The van der Waals surface area contributed by atoms with Crippen LogP contribution < -0.4 is 4.90 Å². The monoisotopic (exact) mass is 313 g/mol. The van der Waals surface area contributed by atoms with Gasteiger partial charge in [0.2, 0.25) is 11.8 Å². The number of anilines is 1. The molecule has 6 nitrogen and oxygen atoms in total. The van der Waals surface area contributed by atoms with E-state index in [-0.39, 0.29) is 5.88 Å². The summed E-state index contributed by atoms with van der Waals surface area (Å²) in [6.45, 7) is 2.57. The highest BCUT2D eigenvalue weighted by Gasteiger charge is 2.38. The van der Waals surface area contributed by atoms with E-state index >= 15 is 0 Å². The molecule has 0 radical (unpaired) electrons. The van der Waals surface area contributed by atoms with Crippen LogP contribution >= 0.6 is 0 Å². The molecule has 0 fully saturated rings. The van der Waals surface area contributed by atoms with Gasteiger partial charge in [-0.3, -0.25) is 14.6 Å². The van der Waals surface area contributed by atoms with Gasteiger partial charge in [0.25, 0.3) is 5.91 Å². The van der Waals surface area contributed by atoms with Crippen LogP contribution in [0.1, 0.15) is 28.5 Å². The van der Waals surface area contributed by atoms with Crippen molar-refractivity contribution in [1.82, 2.24) is 10.1 Å². The van der Waals surface area contributed by atoms with Gasteiger partial charge in [0, 0.05) is 25.4 Å². The minimum absolute atomic E-state index is 0.257. The van der Waals surface area contributed by atoms with E-state index in [1.54, 1.807) is 6.92 Å². The number of hydrogen-bond acceptors (Lipinski definition) is 5. The number of nitrogens with zero attached hydrogens (tertiary/aromatic N) is 3. The number of rotatable bonds is 2. The van der Waals surface area contributed by atoms with Gasteiger partial charge in [-0.1, -0.05) is 5.16 Å². The van der Waals surface area contributed by atoms with Gasteiger partial charge in [0.05, 0.1) is 16.8 Å². The van der Waals surface area contributed by atoms with Gasteiger partial charge in [0.15, 0.2) is 0 Å². The number of imide groups is 1. The molecule has 0 atom stereocenters. The number of aromatic nitrogens is 2. The number of halogens is 3. The molecule has 0 N–H and O–H groups in total. The number of amides is 2. The molecule has 2 aromatic rings. The Kier molecular flexibility index (Phi) is 3.98. The lowest BCUT2D eigenvalue weighted by Crippen LogP contribution is -2.36. The smallest absolute Gasteiger partial charge is 0.337 e. The molecule has 0 aliphatic carbocycles. The molecule has 2 aromatic heterocycles. The summed E-state index contributed by atoms with van der Waals surface area (Å²) in [6, 6.07) is 1.93. The van der Waals surface area contributed by atoms with Gasteiger partial charge >= 0.3 is 6.18 Å². The quantitative estimate of drug-likeness (QED) is 0.851. The number of pyridine rings is 1. The van der Waals surface area contributed by atoms with Crippen molar-refractivity contribution in [3.8, 4) is 0 Å². The molecule has 0 spiro atoms. The fourth-order valence-corrected chi connectivity index (χ4v) is 1.79. The van der Waals surface area contributed by atoms with E-state index in [4.69, 9.17) is 4.52 Å². The van der Waals surface area contributed by atoms with E-state index in [0.717, 1.165) is 19.3 Å². The molecule has 0 aliphatic heterocycles. The molecule has 0 bridgehead atoms. The van der Waals surface area contributed by atoms with Crippen molar-refractivity contribution in [2.75, 3.05) is 4.90 Å². The molecule has 116 valence electrons. The second kappa shape index (κ2) is 5.58. The molecule has 0 saturated heterocycles. The van der Waals surface area contributed by atoms with Gasteiger partial charge in [-0.25, -0.2) is 4.90 Å². The first-order valence-corrected chi connectivity index (χ1v) is 6.01. The highest BCUT2D eigenvalue weighted by molar-refractivity contribution is 6.20. The average Bonchev–Trinajstić information content (AvgIpc) is 2.83. The Morgan fingerprint density at radius 1 is 1.32 bits per heavy atom. The lowest BCUT2D eigenvalue weighted by Gasteiger charge is -2.18. The number of hydrogen-bond donors (Lipinski definition) is 0. The van der Waals surface area contributed by atoms with Crippen LogP contribution in [0.5, 0.6) is 0 Å². The molecule has 0 aromatic carbocycles. The molecule has 2 amide bonds. The summed E-state index contributed by atoms with van der Waals surface area (Å²) in [6.07, 6.45) is -3.09. The zero-order valence-electron chi connectivity index (χ0n) is 11.5. The van der Waals surface area contributed by atoms with E-state index in [1.165, 1.54) is 6.07 Å². The first-order valence-electron chi connectivity index (χ1n) is 6.01. The topological polar surface area (TPSA) is 76.3 Å². The van der Waals surface area contributed by atoms with E-state index in [2.05, 4.69) is 10.1 Å². The molecule has 0 aliphatic rings. The predicted molar refractivity (Wildman–Crippen MR) is 68.0 cm³/mol. The van der Waals surface area contributed by atoms with Gasteiger partial charge in [-0.05, 0) is 13.0 Å². The maximum Gasteiger partial charge on any atom is 0.417 e. The Labute approximate surface area is 122 Å². The summed E-state index contributed by atoms with van der Waals surface area (Å²) in [4.78, 5) is 28.0. The van der Waals surface area contributed by atoms with E-state index in [1.807, 2.05) is 0 Å². The highest BCUT2D eigenvalue weighted by atomic mass is 19.4. The Balaban J connectivity index is 2.52. The molecule has 22 heavy (non-hydrogen) atoms. The lowest BCUT2D eigenvalue weighted by molar-refractivity contribution is -0.138. The summed E-state index contributed by atoms with van der Waals surface area (Å²) >= 11 is 0. The van der Waals surface area contributed by atoms with E-state index in [0.29, 0.717) is 16.7 Å². The van der Waals surface area contributed by atoms with Crippen LogP contribution in [0.2, 0.25) is 0 Å². The van der Waals surface area contributed by atoms with Crippen LogP contribution in [0.25, 0.3) is 0 Å². The Morgan fingerprint density at radius 2 is 2.00 bits per heavy atom. The maximum absolute atomic E-state index is 13.0. The normalized spacial score (nSPS) is 11.3. The van der Waals surface area contributed by atoms with Gasteiger partial charge in [-0.15, -0.1) is 0 Å². The molecular formula is C13H10F3N3O3. The molecular weight excluding hydrogens is 303 g/mol. The Morgan fingerprint density at radius 3 is 2.50 bits per heavy atom. The zero-order chi connectivity index (χ0) is 16.5. The van der Waals surface area contributed by atoms with Gasteiger partial charge in [-0.2, -0.15) is 13.2 Å². The van der Waals surface area contributed by atoms with Crippen molar-refractivity contribution >= 4 is 17.7 Å². The first kappa shape index (κ1) is 15.7. The van der Waals surface area contributed by atoms with Crippen molar-refractivity contribution in [3.05, 3.63) is 41.3 Å².